The van der Waals surface area contributed by atoms with E-state index >= 15 is 0 Å². The van der Waals surface area contributed by atoms with Crippen molar-refractivity contribution in [2.45, 2.75) is 32.4 Å². The molecule has 0 aliphatic carbocycles. The van der Waals surface area contributed by atoms with E-state index in [1.165, 1.54) is 5.56 Å². The summed E-state index contributed by atoms with van der Waals surface area (Å²) >= 11 is 0. The maximum Gasteiger partial charge on any atom is 0.119 e. The largest absolute Gasteiger partial charge is 0.492 e. The summed E-state index contributed by atoms with van der Waals surface area (Å²) in [7, 11) is 0. The zero-order valence-electron chi connectivity index (χ0n) is 12.3. The third-order valence-corrected chi connectivity index (χ3v) is 3.20. The fourth-order valence-electron chi connectivity index (χ4n) is 2.30. The van der Waals surface area contributed by atoms with E-state index in [0.717, 1.165) is 12.2 Å². The summed E-state index contributed by atoms with van der Waals surface area (Å²) < 4.78 is 5.76. The number of nitrogens with one attached hydrogen (secondary N) is 1. The van der Waals surface area contributed by atoms with E-state index < -0.39 is 0 Å². The standard InChI is InChI=1S/C18H23NO/c1-15(13-17-9-5-3-6-10-17)19-16(2)14-20-18-11-7-4-8-12-18/h3-12,15-16,19H,13-14H2,1-2H3/t15-,16-/m0/s1. The van der Waals surface area contributed by atoms with Crippen LogP contribution in [-0.2, 0) is 6.42 Å². The first-order valence-corrected chi connectivity index (χ1v) is 7.22. The normalized spacial score (nSPS) is 13.7. The highest BCUT2D eigenvalue weighted by molar-refractivity contribution is 5.21. The monoisotopic (exact) mass is 269 g/mol. The quantitative estimate of drug-likeness (QED) is 0.828. The average molecular weight is 269 g/mol. The summed E-state index contributed by atoms with van der Waals surface area (Å²) in [6.07, 6.45) is 1.04. The van der Waals surface area contributed by atoms with E-state index in [9.17, 15) is 0 Å². The molecule has 0 spiro atoms. The lowest BCUT2D eigenvalue weighted by Crippen LogP contribution is -2.39. The molecule has 0 amide bonds. The minimum Gasteiger partial charge on any atom is -0.492 e. The molecule has 0 aromatic heterocycles. The summed E-state index contributed by atoms with van der Waals surface area (Å²) in [4.78, 5) is 0. The Hall–Kier alpha value is -1.80. The van der Waals surface area contributed by atoms with Crippen molar-refractivity contribution in [2.24, 2.45) is 0 Å². The van der Waals surface area contributed by atoms with Gasteiger partial charge in [-0.05, 0) is 38.0 Å². The zero-order valence-corrected chi connectivity index (χ0v) is 12.3. The minimum absolute atomic E-state index is 0.328. The molecule has 0 bridgehead atoms. The second kappa shape index (κ2) is 7.71. The zero-order chi connectivity index (χ0) is 14.2. The van der Waals surface area contributed by atoms with Gasteiger partial charge >= 0.3 is 0 Å². The maximum atomic E-state index is 5.76. The van der Waals surface area contributed by atoms with Crippen LogP contribution in [0.25, 0.3) is 0 Å². The summed E-state index contributed by atoms with van der Waals surface area (Å²) in [5.41, 5.74) is 1.36. The molecule has 0 saturated heterocycles. The third kappa shape index (κ3) is 5.06. The van der Waals surface area contributed by atoms with Gasteiger partial charge in [-0.15, -0.1) is 0 Å². The van der Waals surface area contributed by atoms with Crippen LogP contribution in [0.15, 0.2) is 60.7 Å². The van der Waals surface area contributed by atoms with E-state index in [1.54, 1.807) is 0 Å². The van der Waals surface area contributed by atoms with E-state index in [1.807, 2.05) is 30.3 Å². The SMILES string of the molecule is C[C@@H](COc1ccccc1)N[C@@H](C)Cc1ccccc1. The topological polar surface area (TPSA) is 21.3 Å². The molecule has 0 heterocycles. The van der Waals surface area contributed by atoms with Gasteiger partial charge in [0.25, 0.3) is 0 Å². The third-order valence-electron chi connectivity index (χ3n) is 3.20. The predicted molar refractivity (Wildman–Crippen MR) is 84.1 cm³/mol. The van der Waals surface area contributed by atoms with E-state index in [0.29, 0.717) is 18.7 Å². The average Bonchev–Trinajstić information content (AvgIpc) is 2.47. The van der Waals surface area contributed by atoms with Crippen molar-refractivity contribution < 1.29 is 4.74 Å². The van der Waals surface area contributed by atoms with E-state index in [2.05, 4.69) is 49.5 Å². The molecule has 0 radical (unpaired) electrons. The Kier molecular flexibility index (Phi) is 5.63. The highest BCUT2D eigenvalue weighted by Crippen LogP contribution is 2.09. The molecule has 106 valence electrons. The molecule has 1 N–H and O–H groups in total. The lowest BCUT2D eigenvalue weighted by Gasteiger charge is -2.20. The molecule has 20 heavy (non-hydrogen) atoms. The first-order valence-electron chi connectivity index (χ1n) is 7.22. The molecule has 2 rings (SSSR count). The fraction of sp³-hybridized carbons (Fsp3) is 0.333. The summed E-state index contributed by atoms with van der Waals surface area (Å²) in [5, 5.41) is 3.57. The van der Waals surface area contributed by atoms with Crippen LogP contribution in [0.3, 0.4) is 0 Å². The van der Waals surface area contributed by atoms with Gasteiger partial charge in [0, 0.05) is 12.1 Å². The second-order valence-corrected chi connectivity index (χ2v) is 5.28. The first kappa shape index (κ1) is 14.6. The van der Waals surface area contributed by atoms with E-state index in [4.69, 9.17) is 4.74 Å². The smallest absolute Gasteiger partial charge is 0.119 e. The lowest BCUT2D eigenvalue weighted by atomic mass is 10.1. The molecular formula is C18H23NO. The van der Waals surface area contributed by atoms with Crippen LogP contribution in [0, 0.1) is 0 Å². The number of para-hydroxylation sites is 1. The minimum atomic E-state index is 0.328. The maximum absolute atomic E-state index is 5.76. The number of rotatable bonds is 7. The van der Waals surface area contributed by atoms with Crippen LogP contribution in [0.5, 0.6) is 5.75 Å². The molecule has 0 unspecified atom stereocenters. The molecule has 2 atom stereocenters. The molecular weight excluding hydrogens is 246 g/mol. The summed E-state index contributed by atoms with van der Waals surface area (Å²) in [5.74, 6) is 0.928. The lowest BCUT2D eigenvalue weighted by molar-refractivity contribution is 0.263. The van der Waals surface area contributed by atoms with Gasteiger partial charge in [0.1, 0.15) is 12.4 Å². The van der Waals surface area contributed by atoms with Gasteiger partial charge in [-0.1, -0.05) is 48.5 Å². The fourth-order valence-corrected chi connectivity index (χ4v) is 2.30. The Balaban J connectivity index is 1.72. The molecule has 0 aliphatic rings. The second-order valence-electron chi connectivity index (χ2n) is 5.28. The van der Waals surface area contributed by atoms with Crippen LogP contribution in [-0.4, -0.2) is 18.7 Å². The Morgan fingerprint density at radius 1 is 0.850 bits per heavy atom. The van der Waals surface area contributed by atoms with Crippen LogP contribution in [0.2, 0.25) is 0 Å². The van der Waals surface area contributed by atoms with Crippen molar-refractivity contribution in [3.05, 3.63) is 66.2 Å². The van der Waals surface area contributed by atoms with Gasteiger partial charge in [-0.3, -0.25) is 0 Å². The Labute approximate surface area is 121 Å². The Morgan fingerprint density at radius 2 is 1.45 bits per heavy atom. The van der Waals surface area contributed by atoms with Gasteiger partial charge in [0.2, 0.25) is 0 Å². The van der Waals surface area contributed by atoms with Crippen molar-refractivity contribution >= 4 is 0 Å². The first-order chi connectivity index (χ1) is 9.74. The molecule has 2 aromatic rings. The number of hydrogen-bond acceptors (Lipinski definition) is 2. The Bertz CT molecular complexity index is 483. The molecule has 2 aromatic carbocycles. The van der Waals surface area contributed by atoms with E-state index in [-0.39, 0.29) is 0 Å². The van der Waals surface area contributed by atoms with Gasteiger partial charge in [-0.25, -0.2) is 0 Å². The molecule has 2 heteroatoms. The number of hydrogen-bond donors (Lipinski definition) is 1. The van der Waals surface area contributed by atoms with Crippen LogP contribution in [0.1, 0.15) is 19.4 Å². The van der Waals surface area contributed by atoms with Crippen molar-refractivity contribution in [1.82, 2.24) is 5.32 Å². The number of ether oxygens (including phenoxy) is 1. The molecule has 0 saturated carbocycles. The molecule has 2 nitrogen and oxygen atoms in total. The van der Waals surface area contributed by atoms with Gasteiger partial charge in [-0.2, -0.15) is 0 Å². The van der Waals surface area contributed by atoms with Crippen molar-refractivity contribution in [3.63, 3.8) is 0 Å². The highest BCUT2D eigenvalue weighted by Gasteiger charge is 2.08. The molecule has 0 fully saturated rings. The van der Waals surface area contributed by atoms with Crippen LogP contribution < -0.4 is 10.1 Å². The van der Waals surface area contributed by atoms with Gasteiger partial charge in [0.05, 0.1) is 0 Å². The highest BCUT2D eigenvalue weighted by atomic mass is 16.5. The number of benzene rings is 2. The van der Waals surface area contributed by atoms with Gasteiger partial charge < -0.3 is 10.1 Å². The summed E-state index contributed by atoms with van der Waals surface area (Å²) in [6, 6.07) is 21.3. The van der Waals surface area contributed by atoms with Crippen molar-refractivity contribution in [3.8, 4) is 5.75 Å². The van der Waals surface area contributed by atoms with Crippen LogP contribution >= 0.6 is 0 Å². The van der Waals surface area contributed by atoms with Gasteiger partial charge in [0.15, 0.2) is 0 Å². The Morgan fingerprint density at radius 3 is 2.10 bits per heavy atom. The summed E-state index contributed by atoms with van der Waals surface area (Å²) in [6.45, 7) is 5.06. The predicted octanol–water partition coefficient (Wildman–Crippen LogP) is 3.67. The van der Waals surface area contributed by atoms with Crippen LogP contribution in [0.4, 0.5) is 0 Å². The van der Waals surface area contributed by atoms with Crippen molar-refractivity contribution in [1.29, 1.82) is 0 Å². The van der Waals surface area contributed by atoms with Crippen molar-refractivity contribution in [2.75, 3.05) is 6.61 Å². The molecule has 0 aliphatic heterocycles.